The van der Waals surface area contributed by atoms with E-state index in [-0.39, 0.29) is 35.4 Å². The summed E-state index contributed by atoms with van der Waals surface area (Å²) in [5.74, 6) is 2.11. The quantitative estimate of drug-likeness (QED) is 0.245. The molecule has 8 rings (SSSR count). The largest absolute Gasteiger partial charge is 0.573 e. The molecule has 4 aromatic rings. The smallest absolute Gasteiger partial charge is 0.405 e. The van der Waals surface area contributed by atoms with Crippen LogP contribution in [0, 0.1) is 17.8 Å². The van der Waals surface area contributed by atoms with Gasteiger partial charge in [0, 0.05) is 39.9 Å². The Kier molecular flexibility index (Phi) is 6.08. The molecule has 0 bridgehead atoms. The van der Waals surface area contributed by atoms with Crippen molar-refractivity contribution in [2.75, 3.05) is 0 Å². The second-order valence-corrected chi connectivity index (χ2v) is 12.4. The van der Waals surface area contributed by atoms with Gasteiger partial charge in [-0.05, 0) is 87.0 Å². The van der Waals surface area contributed by atoms with Crippen LogP contribution in [0.4, 0.5) is 13.2 Å². The number of hydrogen-bond acceptors (Lipinski definition) is 8. The molecule has 1 aromatic carbocycles. The number of nitrogens with zero attached hydrogens (tertiary/aromatic N) is 3. The molecule has 3 heterocycles. The molecule has 0 saturated heterocycles. The Labute approximate surface area is 243 Å². The van der Waals surface area contributed by atoms with E-state index < -0.39 is 12.1 Å². The van der Waals surface area contributed by atoms with E-state index in [1.807, 2.05) is 12.1 Å². The average Bonchev–Trinajstić information content (AvgIpc) is 3.58. The van der Waals surface area contributed by atoms with Crippen LogP contribution in [-0.4, -0.2) is 32.7 Å². The van der Waals surface area contributed by atoms with Gasteiger partial charge in [-0.25, -0.2) is 4.79 Å². The van der Waals surface area contributed by atoms with Gasteiger partial charge in [-0.15, -0.1) is 13.2 Å². The number of benzene rings is 1. The Hall–Kier alpha value is -3.93. The molecule has 12 heteroatoms. The lowest BCUT2D eigenvalue weighted by Gasteiger charge is -2.67. The minimum atomic E-state index is -4.82. The van der Waals surface area contributed by atoms with Crippen molar-refractivity contribution in [3.8, 4) is 28.4 Å². The zero-order valence-electron chi connectivity index (χ0n) is 23.1. The topological polar surface area (TPSA) is 116 Å². The Bertz CT molecular complexity index is 1710. The Morgan fingerprint density at radius 2 is 1.84 bits per heavy atom. The number of ether oxygens (including phenoxy) is 2. The molecule has 0 aliphatic heterocycles. The standard InChI is InChI=1S/C31H29F3N4O5/c32-31(33,34)41-23-4-2-1-3-21(23)26-22(27(42-37-26)16-5-6-16)15-40-20-9-7-17-12-30(13-19(11-20)25(17)30)24-10-8-18(14-35-24)28-36-29(39)43-38-28/h1-4,8,10,14,16-17,19-20,25H,5-7,9,11-13,15H2,(H,36,38,39)/t17-,19-,20+,25?,30?/m1/s1. The van der Waals surface area contributed by atoms with Crippen LogP contribution in [-0.2, 0) is 16.8 Å². The number of aromatic amines is 1. The number of H-pyrrole nitrogens is 1. The monoisotopic (exact) mass is 594 g/mol. The summed E-state index contributed by atoms with van der Waals surface area (Å²) in [5, 5.41) is 7.96. The van der Waals surface area contributed by atoms with E-state index in [1.54, 1.807) is 18.3 Å². The average molecular weight is 595 g/mol. The first-order valence-electron chi connectivity index (χ1n) is 14.8. The van der Waals surface area contributed by atoms with Gasteiger partial charge in [0.2, 0.25) is 0 Å². The summed E-state index contributed by atoms with van der Waals surface area (Å²) < 4.78 is 60.5. The van der Waals surface area contributed by atoms with E-state index in [2.05, 4.69) is 24.6 Å². The van der Waals surface area contributed by atoms with Crippen molar-refractivity contribution in [1.82, 2.24) is 20.3 Å². The lowest BCUT2D eigenvalue weighted by Crippen LogP contribution is -2.63. The minimum Gasteiger partial charge on any atom is -0.405 e. The number of hydrogen-bond donors (Lipinski definition) is 1. The van der Waals surface area contributed by atoms with Crippen LogP contribution < -0.4 is 10.5 Å². The number of aromatic nitrogens is 4. The zero-order chi connectivity index (χ0) is 29.3. The van der Waals surface area contributed by atoms with Crippen LogP contribution in [0.1, 0.15) is 67.9 Å². The molecule has 9 nitrogen and oxygen atoms in total. The fourth-order valence-electron chi connectivity index (χ4n) is 8.01. The van der Waals surface area contributed by atoms with Crippen LogP contribution in [0.15, 0.2) is 56.4 Å². The van der Waals surface area contributed by atoms with E-state index in [9.17, 15) is 18.0 Å². The predicted molar refractivity (Wildman–Crippen MR) is 145 cm³/mol. The number of nitrogens with one attached hydrogen (secondary N) is 1. The normalized spacial score (nSPS) is 28.0. The summed E-state index contributed by atoms with van der Waals surface area (Å²) >= 11 is 0. The highest BCUT2D eigenvalue weighted by atomic mass is 19.4. The molecule has 4 aliphatic carbocycles. The summed E-state index contributed by atoms with van der Waals surface area (Å²) in [6.07, 6.45) is 4.00. The van der Waals surface area contributed by atoms with E-state index in [1.165, 1.54) is 12.1 Å². The van der Waals surface area contributed by atoms with Crippen molar-refractivity contribution in [3.63, 3.8) is 0 Å². The second kappa shape index (κ2) is 9.80. The van der Waals surface area contributed by atoms with E-state index in [0.29, 0.717) is 46.2 Å². The molecule has 2 unspecified atom stereocenters. The Morgan fingerprint density at radius 3 is 2.58 bits per heavy atom. The molecule has 43 heavy (non-hydrogen) atoms. The van der Waals surface area contributed by atoms with Crippen LogP contribution in [0.5, 0.6) is 5.75 Å². The molecule has 5 atom stereocenters. The highest BCUT2D eigenvalue weighted by Crippen LogP contribution is 2.70. The molecule has 0 amide bonds. The molecular formula is C31H29F3N4O5. The van der Waals surface area contributed by atoms with Crippen molar-refractivity contribution in [2.45, 2.75) is 75.4 Å². The van der Waals surface area contributed by atoms with Crippen molar-refractivity contribution < 1.29 is 31.7 Å². The van der Waals surface area contributed by atoms with Crippen LogP contribution in [0.25, 0.3) is 22.6 Å². The van der Waals surface area contributed by atoms with Gasteiger partial charge in [-0.3, -0.25) is 14.5 Å². The predicted octanol–water partition coefficient (Wildman–Crippen LogP) is 6.52. The van der Waals surface area contributed by atoms with Crippen molar-refractivity contribution in [1.29, 1.82) is 0 Å². The van der Waals surface area contributed by atoms with Gasteiger partial charge in [0.05, 0.1) is 12.7 Å². The maximum Gasteiger partial charge on any atom is 0.573 e. The number of rotatable bonds is 8. The zero-order valence-corrected chi connectivity index (χ0v) is 23.1. The molecule has 0 radical (unpaired) electrons. The van der Waals surface area contributed by atoms with Crippen molar-refractivity contribution in [2.24, 2.45) is 17.8 Å². The van der Waals surface area contributed by atoms with Crippen molar-refractivity contribution >= 4 is 0 Å². The van der Waals surface area contributed by atoms with Gasteiger partial charge in [0.25, 0.3) is 0 Å². The summed E-state index contributed by atoms with van der Waals surface area (Å²) in [6, 6.07) is 10.0. The Balaban J connectivity index is 0.975. The summed E-state index contributed by atoms with van der Waals surface area (Å²) in [6.45, 7) is 0.232. The molecule has 4 fully saturated rings. The lowest BCUT2D eigenvalue weighted by atomic mass is 9.37. The summed E-state index contributed by atoms with van der Waals surface area (Å²) in [5.41, 5.74) is 3.18. The van der Waals surface area contributed by atoms with Crippen LogP contribution in [0.2, 0.25) is 0 Å². The number of para-hydroxylation sites is 1. The minimum absolute atomic E-state index is 0.0457. The molecule has 1 N–H and O–H groups in total. The third-order valence-corrected chi connectivity index (χ3v) is 9.92. The summed E-state index contributed by atoms with van der Waals surface area (Å²) in [7, 11) is 0. The molecular weight excluding hydrogens is 565 g/mol. The Morgan fingerprint density at radius 1 is 1.00 bits per heavy atom. The fourth-order valence-corrected chi connectivity index (χ4v) is 8.01. The van der Waals surface area contributed by atoms with Gasteiger partial charge in [-0.1, -0.05) is 22.4 Å². The fraction of sp³-hybridized carbons (Fsp3) is 0.484. The van der Waals surface area contributed by atoms with E-state index in [4.69, 9.17) is 14.2 Å². The van der Waals surface area contributed by atoms with Gasteiger partial charge < -0.3 is 14.0 Å². The molecule has 4 saturated carbocycles. The van der Waals surface area contributed by atoms with Gasteiger partial charge >= 0.3 is 12.1 Å². The second-order valence-electron chi connectivity index (χ2n) is 12.4. The maximum absolute atomic E-state index is 13.1. The first kappa shape index (κ1) is 26.7. The first-order valence-corrected chi connectivity index (χ1v) is 14.8. The third-order valence-electron chi connectivity index (χ3n) is 9.92. The maximum atomic E-state index is 13.1. The molecule has 3 aromatic heterocycles. The molecule has 224 valence electrons. The van der Waals surface area contributed by atoms with E-state index in [0.717, 1.165) is 50.6 Å². The molecule has 4 aliphatic rings. The van der Waals surface area contributed by atoms with Gasteiger partial charge in [0.15, 0.2) is 5.82 Å². The van der Waals surface area contributed by atoms with Gasteiger partial charge in [-0.2, -0.15) is 0 Å². The molecule has 0 spiro atoms. The highest BCUT2D eigenvalue weighted by Gasteiger charge is 2.66. The number of halogens is 3. The van der Waals surface area contributed by atoms with Crippen molar-refractivity contribution in [3.05, 3.63) is 70.2 Å². The number of alkyl halides is 3. The highest BCUT2D eigenvalue weighted by molar-refractivity contribution is 5.70. The lowest BCUT2D eigenvalue weighted by molar-refractivity contribution is -0.274. The third kappa shape index (κ3) is 4.66. The first-order chi connectivity index (χ1) is 20.8. The van der Waals surface area contributed by atoms with Crippen LogP contribution in [0.3, 0.4) is 0 Å². The van der Waals surface area contributed by atoms with Crippen LogP contribution >= 0.6 is 0 Å². The van der Waals surface area contributed by atoms with E-state index >= 15 is 0 Å². The SMILES string of the molecule is O=c1[nH]c(-c2ccc(C34C[C@H]5CC[C@H](OCc6c(-c7ccccc7OC(F)(F)F)noc6C6CC6)C[C@H](C3)C54)nc2)no1. The summed E-state index contributed by atoms with van der Waals surface area (Å²) in [4.78, 5) is 18.6. The number of pyridine rings is 1. The van der Waals surface area contributed by atoms with Gasteiger partial charge in [0.1, 0.15) is 17.2 Å².